The van der Waals surface area contributed by atoms with Crippen molar-refractivity contribution in [2.24, 2.45) is 0 Å². The minimum Gasteiger partial charge on any atom is -0.449 e. The number of esters is 1. The van der Waals surface area contributed by atoms with Crippen LogP contribution < -0.4 is 5.73 Å². The van der Waals surface area contributed by atoms with E-state index in [1.165, 1.54) is 17.4 Å². The van der Waals surface area contributed by atoms with Crippen molar-refractivity contribution in [1.29, 1.82) is 0 Å². The molecule has 1 rings (SSSR count). The van der Waals surface area contributed by atoms with Crippen LogP contribution in [0.25, 0.3) is 0 Å². The second-order valence-electron chi connectivity index (χ2n) is 4.17. The number of thiophene rings is 1. The second kappa shape index (κ2) is 7.05. The van der Waals surface area contributed by atoms with E-state index in [1.807, 2.05) is 0 Å². The lowest BCUT2D eigenvalue weighted by molar-refractivity contribution is 0.0549. The van der Waals surface area contributed by atoms with Crippen molar-refractivity contribution < 1.29 is 23.9 Å². The van der Waals surface area contributed by atoms with Gasteiger partial charge in [0.1, 0.15) is 0 Å². The van der Waals surface area contributed by atoms with Gasteiger partial charge >= 0.3 is 13.6 Å². The van der Waals surface area contributed by atoms with Crippen LogP contribution in [-0.4, -0.2) is 22.1 Å². The molecule has 0 aliphatic rings. The van der Waals surface area contributed by atoms with Gasteiger partial charge in [-0.3, -0.25) is 4.57 Å². The molecule has 0 aliphatic carbocycles. The minimum absolute atomic E-state index is 0.312. The van der Waals surface area contributed by atoms with Crippen LogP contribution in [0.3, 0.4) is 0 Å². The van der Waals surface area contributed by atoms with Crippen LogP contribution in [0.1, 0.15) is 41.4 Å². The summed E-state index contributed by atoms with van der Waals surface area (Å²) in [6.07, 6.45) is 2.87. The number of aryl methyl sites for hydroxylation is 1. The van der Waals surface area contributed by atoms with Crippen molar-refractivity contribution >= 4 is 29.9 Å². The average Bonchev–Trinajstić information content (AvgIpc) is 2.67. The molecule has 108 valence electrons. The molecule has 0 aromatic carbocycles. The van der Waals surface area contributed by atoms with Crippen LogP contribution in [0.5, 0.6) is 0 Å². The highest BCUT2D eigenvalue weighted by Gasteiger charge is 2.21. The van der Waals surface area contributed by atoms with E-state index in [2.05, 4.69) is 11.7 Å². The van der Waals surface area contributed by atoms with Gasteiger partial charge in [-0.2, -0.15) is 0 Å². The van der Waals surface area contributed by atoms with E-state index in [4.69, 9.17) is 15.5 Å². The van der Waals surface area contributed by atoms with Crippen molar-refractivity contribution in [2.75, 3.05) is 12.1 Å². The van der Waals surface area contributed by atoms with Gasteiger partial charge in [-0.05, 0) is 18.9 Å². The largest absolute Gasteiger partial charge is 0.449 e. The fourth-order valence-corrected chi connectivity index (χ4v) is 2.81. The smallest absolute Gasteiger partial charge is 0.362 e. The molecule has 0 aliphatic heterocycles. The van der Waals surface area contributed by atoms with Gasteiger partial charge in [0.15, 0.2) is 6.35 Å². The quantitative estimate of drug-likeness (QED) is 0.405. The number of anilines is 1. The Kier molecular flexibility index (Phi) is 6.00. The molecule has 0 saturated heterocycles. The number of nitrogens with two attached hydrogens (primary N) is 1. The Hall–Kier alpha value is -0.880. The first-order valence-corrected chi connectivity index (χ1v) is 8.54. The van der Waals surface area contributed by atoms with Crippen LogP contribution in [-0.2, 0) is 15.7 Å². The summed E-state index contributed by atoms with van der Waals surface area (Å²) < 4.78 is 15.3. The van der Waals surface area contributed by atoms with Crippen molar-refractivity contribution in [2.45, 2.75) is 32.6 Å². The van der Waals surface area contributed by atoms with Gasteiger partial charge in [0.25, 0.3) is 0 Å². The number of hydrogen-bond donors (Lipinski definition) is 3. The Morgan fingerprint density at radius 1 is 1.47 bits per heavy atom. The molecular formula is C11H18NO5PS. The highest BCUT2D eigenvalue weighted by Crippen LogP contribution is 2.35. The predicted octanol–water partition coefficient (Wildman–Crippen LogP) is 2.36. The van der Waals surface area contributed by atoms with Gasteiger partial charge in [-0.15, -0.1) is 11.3 Å². The maximum atomic E-state index is 11.7. The third-order valence-corrected chi connectivity index (χ3v) is 3.91. The molecule has 0 amide bonds. The number of hydrogen-bond acceptors (Lipinski definition) is 5. The number of rotatable bonds is 7. The first kappa shape index (κ1) is 16.2. The Labute approximate surface area is 115 Å². The zero-order valence-corrected chi connectivity index (χ0v) is 12.4. The van der Waals surface area contributed by atoms with Gasteiger partial charge in [-0.1, -0.05) is 19.8 Å². The molecule has 1 aromatic rings. The van der Waals surface area contributed by atoms with E-state index in [0.29, 0.717) is 10.6 Å². The van der Waals surface area contributed by atoms with Crippen LogP contribution >= 0.6 is 18.9 Å². The Bertz CT molecular complexity index is 481. The van der Waals surface area contributed by atoms with Crippen LogP contribution in [0.15, 0.2) is 6.07 Å². The molecule has 6 nitrogen and oxygen atoms in total. The fourth-order valence-electron chi connectivity index (χ4n) is 1.56. The normalized spacial score (nSPS) is 11.5. The van der Waals surface area contributed by atoms with Gasteiger partial charge in [0.2, 0.25) is 0 Å². The maximum absolute atomic E-state index is 11.7. The molecule has 1 aromatic heterocycles. The summed E-state index contributed by atoms with van der Waals surface area (Å²) in [7, 11) is -4.35. The van der Waals surface area contributed by atoms with Crippen molar-refractivity contribution in [3.05, 3.63) is 16.5 Å². The minimum atomic E-state index is -4.35. The monoisotopic (exact) mass is 307 g/mol. The first-order chi connectivity index (χ1) is 8.83. The lowest BCUT2D eigenvalue weighted by Gasteiger charge is -2.06. The molecule has 0 saturated carbocycles. The molecular weight excluding hydrogens is 289 g/mol. The molecule has 1 heterocycles. The lowest BCUT2D eigenvalue weighted by atomic mass is 10.1. The van der Waals surface area contributed by atoms with Crippen molar-refractivity contribution in [1.82, 2.24) is 0 Å². The number of ether oxygens (including phenoxy) is 1. The standard InChI is InChI=1S/C11H18NO5PS/c1-2-3-4-5-9-8(6-10(12)19-9)11(13)17-7-18(14,15)16/h6H,2-5,7,12H2,1H3,(H2,14,15,16). The Balaban J connectivity index is 2.70. The summed E-state index contributed by atoms with van der Waals surface area (Å²) in [5.74, 6) is -0.734. The summed E-state index contributed by atoms with van der Waals surface area (Å²) in [6, 6.07) is 1.49. The number of carbonyl (C=O) groups excluding carboxylic acids is 1. The molecule has 0 unspecified atom stereocenters. The third kappa shape index (κ3) is 5.74. The summed E-state index contributed by atoms with van der Waals surface area (Å²) >= 11 is 1.31. The average molecular weight is 307 g/mol. The topological polar surface area (TPSA) is 110 Å². The van der Waals surface area contributed by atoms with Gasteiger partial charge in [-0.25, -0.2) is 4.79 Å². The number of carbonyl (C=O) groups is 1. The van der Waals surface area contributed by atoms with Crippen LogP contribution in [0.2, 0.25) is 0 Å². The Morgan fingerprint density at radius 3 is 2.74 bits per heavy atom. The van der Waals surface area contributed by atoms with Gasteiger partial charge < -0.3 is 20.3 Å². The molecule has 0 fully saturated rings. The molecule has 19 heavy (non-hydrogen) atoms. The third-order valence-electron chi connectivity index (χ3n) is 2.42. The summed E-state index contributed by atoms with van der Waals surface area (Å²) in [6.45, 7) is 2.08. The van der Waals surface area contributed by atoms with E-state index in [9.17, 15) is 9.36 Å². The summed E-state index contributed by atoms with van der Waals surface area (Å²) in [5, 5.41) is 0.495. The predicted molar refractivity (Wildman–Crippen MR) is 74.3 cm³/mol. The van der Waals surface area contributed by atoms with Gasteiger partial charge in [0, 0.05) is 4.88 Å². The van der Waals surface area contributed by atoms with E-state index in [0.717, 1.165) is 30.6 Å². The fraction of sp³-hybridized carbons (Fsp3) is 0.545. The van der Waals surface area contributed by atoms with Crippen LogP contribution in [0, 0.1) is 0 Å². The van der Waals surface area contributed by atoms with E-state index in [-0.39, 0.29) is 0 Å². The highest BCUT2D eigenvalue weighted by atomic mass is 32.1. The second-order valence-corrected chi connectivity index (χ2v) is 6.92. The maximum Gasteiger partial charge on any atom is 0.362 e. The Morgan fingerprint density at radius 2 is 2.16 bits per heavy atom. The van der Waals surface area contributed by atoms with Crippen molar-refractivity contribution in [3.8, 4) is 0 Å². The summed E-state index contributed by atoms with van der Waals surface area (Å²) in [4.78, 5) is 29.9. The molecule has 8 heteroatoms. The van der Waals surface area contributed by atoms with E-state index >= 15 is 0 Å². The number of unbranched alkanes of at least 4 members (excludes halogenated alkanes) is 2. The SMILES string of the molecule is CCCCCc1sc(N)cc1C(=O)OCP(=O)(O)O. The highest BCUT2D eigenvalue weighted by molar-refractivity contribution is 7.51. The van der Waals surface area contributed by atoms with E-state index in [1.54, 1.807) is 0 Å². The first-order valence-electron chi connectivity index (χ1n) is 5.93. The van der Waals surface area contributed by atoms with Crippen molar-refractivity contribution in [3.63, 3.8) is 0 Å². The zero-order chi connectivity index (χ0) is 14.5. The zero-order valence-electron chi connectivity index (χ0n) is 10.7. The molecule has 4 N–H and O–H groups in total. The molecule has 0 atom stereocenters. The molecule has 0 radical (unpaired) electrons. The lowest BCUT2D eigenvalue weighted by Crippen LogP contribution is -2.07. The number of nitrogen functional groups attached to an aromatic ring is 1. The molecule has 0 spiro atoms. The van der Waals surface area contributed by atoms with Crippen LogP contribution in [0.4, 0.5) is 5.00 Å². The molecule has 0 bridgehead atoms. The summed E-state index contributed by atoms with van der Waals surface area (Å²) in [5.41, 5.74) is 5.97. The van der Waals surface area contributed by atoms with E-state index < -0.39 is 19.9 Å². The van der Waals surface area contributed by atoms with Gasteiger partial charge in [0.05, 0.1) is 10.6 Å².